The second-order valence-electron chi connectivity index (χ2n) is 6.32. The van der Waals surface area contributed by atoms with Gasteiger partial charge in [-0.2, -0.15) is 0 Å². The molecule has 0 nitrogen and oxygen atoms in total. The van der Waals surface area contributed by atoms with E-state index in [2.05, 4.69) is 27.7 Å². The minimum Gasteiger partial charge on any atom is -0.0625 e. The Hall–Kier alpha value is 0. The van der Waals surface area contributed by atoms with Crippen LogP contribution in [0.2, 0.25) is 0 Å². The molecule has 0 saturated heterocycles. The molecule has 0 heterocycles. The first kappa shape index (κ1) is 8.59. The van der Waals surface area contributed by atoms with Gasteiger partial charge < -0.3 is 0 Å². The van der Waals surface area contributed by atoms with Crippen LogP contribution in [0.5, 0.6) is 0 Å². The maximum atomic E-state index is 2.45. The van der Waals surface area contributed by atoms with Crippen LogP contribution in [-0.2, 0) is 0 Å². The topological polar surface area (TPSA) is 0 Å². The van der Waals surface area contributed by atoms with E-state index >= 15 is 0 Å². The summed E-state index contributed by atoms with van der Waals surface area (Å²) >= 11 is 0. The summed E-state index contributed by atoms with van der Waals surface area (Å²) in [6.07, 6.45) is 5.96. The molecule has 3 unspecified atom stereocenters. The van der Waals surface area contributed by atoms with Gasteiger partial charge in [-0.25, -0.2) is 0 Å². The van der Waals surface area contributed by atoms with Crippen LogP contribution in [0, 0.1) is 22.7 Å². The lowest BCUT2D eigenvalue weighted by atomic mass is 9.65. The molecule has 0 radical (unpaired) electrons. The van der Waals surface area contributed by atoms with Crippen molar-refractivity contribution < 1.29 is 0 Å². The van der Waals surface area contributed by atoms with Crippen LogP contribution in [0.15, 0.2) is 0 Å². The lowest BCUT2D eigenvalue weighted by molar-refractivity contribution is 0.109. The summed E-state index contributed by atoms with van der Waals surface area (Å²) in [5.41, 5.74) is 1.42. The van der Waals surface area contributed by atoms with Gasteiger partial charge in [0.05, 0.1) is 0 Å². The van der Waals surface area contributed by atoms with E-state index in [1.54, 1.807) is 0 Å². The van der Waals surface area contributed by atoms with Crippen LogP contribution >= 0.6 is 0 Å². The molecule has 2 fully saturated rings. The molecule has 0 aromatic carbocycles. The highest BCUT2D eigenvalue weighted by Crippen LogP contribution is 2.65. The highest BCUT2D eigenvalue weighted by Gasteiger charge is 2.55. The number of hydrogen-bond acceptors (Lipinski definition) is 0. The van der Waals surface area contributed by atoms with Crippen molar-refractivity contribution in [2.24, 2.45) is 22.7 Å². The first-order valence-electron chi connectivity index (χ1n) is 5.44. The van der Waals surface area contributed by atoms with Crippen LogP contribution in [-0.4, -0.2) is 0 Å². The van der Waals surface area contributed by atoms with E-state index in [1.807, 2.05) is 0 Å². The monoisotopic (exact) mass is 166 g/mol. The van der Waals surface area contributed by atoms with E-state index in [0.717, 1.165) is 17.3 Å². The molecule has 0 aromatic heterocycles. The maximum Gasteiger partial charge on any atom is -0.0261 e. The Kier molecular flexibility index (Phi) is 1.63. The maximum absolute atomic E-state index is 2.45. The van der Waals surface area contributed by atoms with Gasteiger partial charge in [0, 0.05) is 0 Å². The number of hydrogen-bond donors (Lipinski definition) is 0. The second kappa shape index (κ2) is 2.27. The van der Waals surface area contributed by atoms with E-state index < -0.39 is 0 Å². The van der Waals surface area contributed by atoms with Gasteiger partial charge in [-0.3, -0.25) is 0 Å². The van der Waals surface area contributed by atoms with E-state index in [1.165, 1.54) is 25.7 Å². The molecular weight excluding hydrogens is 144 g/mol. The third-order valence-corrected chi connectivity index (χ3v) is 4.08. The van der Waals surface area contributed by atoms with Crippen molar-refractivity contribution in [2.75, 3.05) is 0 Å². The van der Waals surface area contributed by atoms with Gasteiger partial charge in [-0.05, 0) is 48.3 Å². The zero-order valence-electron chi connectivity index (χ0n) is 8.98. The van der Waals surface area contributed by atoms with Crippen molar-refractivity contribution in [1.29, 1.82) is 0 Å². The van der Waals surface area contributed by atoms with Crippen LogP contribution in [0.4, 0.5) is 0 Å². The molecule has 2 aliphatic carbocycles. The minimum atomic E-state index is 0.627. The predicted octanol–water partition coefficient (Wildman–Crippen LogP) is 3.86. The first-order chi connectivity index (χ1) is 5.44. The van der Waals surface area contributed by atoms with Gasteiger partial charge in [-0.15, -0.1) is 0 Å². The van der Waals surface area contributed by atoms with E-state index in [4.69, 9.17) is 0 Å². The van der Waals surface area contributed by atoms with Gasteiger partial charge >= 0.3 is 0 Å². The van der Waals surface area contributed by atoms with Crippen molar-refractivity contribution >= 4 is 0 Å². The summed E-state index contributed by atoms with van der Waals surface area (Å²) in [7, 11) is 0. The highest BCUT2D eigenvalue weighted by atomic mass is 14.6. The van der Waals surface area contributed by atoms with Gasteiger partial charge in [0.15, 0.2) is 0 Å². The fourth-order valence-corrected chi connectivity index (χ4v) is 3.89. The molecular formula is C12H22. The van der Waals surface area contributed by atoms with Crippen molar-refractivity contribution in [2.45, 2.75) is 53.4 Å². The highest BCUT2D eigenvalue weighted by molar-refractivity contribution is 5.05. The molecule has 0 N–H and O–H groups in total. The number of rotatable bonds is 0. The summed E-state index contributed by atoms with van der Waals surface area (Å²) in [5.74, 6) is 2.00. The van der Waals surface area contributed by atoms with Gasteiger partial charge in [-0.1, -0.05) is 27.7 Å². The molecule has 3 atom stereocenters. The third-order valence-electron chi connectivity index (χ3n) is 4.08. The van der Waals surface area contributed by atoms with Gasteiger partial charge in [0.1, 0.15) is 0 Å². The lowest BCUT2D eigenvalue weighted by Gasteiger charge is -2.40. The summed E-state index contributed by atoms with van der Waals surface area (Å²) in [4.78, 5) is 0. The van der Waals surface area contributed by atoms with Crippen molar-refractivity contribution in [3.63, 3.8) is 0 Å². The van der Waals surface area contributed by atoms with Crippen molar-refractivity contribution in [3.05, 3.63) is 0 Å². The fourth-order valence-electron chi connectivity index (χ4n) is 3.89. The smallest absolute Gasteiger partial charge is 0.0261 e. The summed E-state index contributed by atoms with van der Waals surface area (Å²) in [6.45, 7) is 9.78. The Bertz CT molecular complexity index is 192. The SMILES string of the molecule is CC1CC(C)(C)CC2(C1)CC2C. The predicted molar refractivity (Wildman–Crippen MR) is 53.0 cm³/mol. The van der Waals surface area contributed by atoms with Gasteiger partial charge in [0.25, 0.3) is 0 Å². The molecule has 2 saturated carbocycles. The molecule has 70 valence electrons. The average molecular weight is 166 g/mol. The molecule has 0 heteroatoms. The summed E-state index contributed by atoms with van der Waals surface area (Å²) in [5, 5.41) is 0. The van der Waals surface area contributed by atoms with Crippen LogP contribution in [0.25, 0.3) is 0 Å². The Balaban J connectivity index is 2.11. The van der Waals surface area contributed by atoms with E-state index in [-0.39, 0.29) is 0 Å². The molecule has 2 rings (SSSR count). The Labute approximate surface area is 76.7 Å². The molecule has 0 aliphatic heterocycles. The van der Waals surface area contributed by atoms with Crippen LogP contribution < -0.4 is 0 Å². The summed E-state index contributed by atoms with van der Waals surface area (Å²) < 4.78 is 0. The molecule has 0 bridgehead atoms. The van der Waals surface area contributed by atoms with E-state index in [9.17, 15) is 0 Å². The Morgan fingerprint density at radius 1 is 1.00 bits per heavy atom. The molecule has 2 aliphatic rings. The molecule has 0 amide bonds. The van der Waals surface area contributed by atoms with Crippen LogP contribution in [0.1, 0.15) is 53.4 Å². The minimum absolute atomic E-state index is 0.627. The molecule has 0 aromatic rings. The largest absolute Gasteiger partial charge is 0.0625 e. The molecule has 1 spiro atoms. The van der Waals surface area contributed by atoms with E-state index in [0.29, 0.717) is 5.41 Å². The van der Waals surface area contributed by atoms with Crippen LogP contribution in [0.3, 0.4) is 0 Å². The average Bonchev–Trinajstić information content (AvgIpc) is 2.33. The third kappa shape index (κ3) is 1.30. The Morgan fingerprint density at radius 3 is 2.00 bits per heavy atom. The standard InChI is InChI=1S/C12H22/c1-9-5-11(3,4)8-12(6-9)7-10(12)2/h9-10H,5-8H2,1-4H3. The second-order valence-corrected chi connectivity index (χ2v) is 6.32. The van der Waals surface area contributed by atoms with Crippen molar-refractivity contribution in [1.82, 2.24) is 0 Å². The van der Waals surface area contributed by atoms with Gasteiger partial charge in [0.2, 0.25) is 0 Å². The first-order valence-corrected chi connectivity index (χ1v) is 5.44. The normalized spacial score (nSPS) is 51.0. The Morgan fingerprint density at radius 2 is 1.58 bits per heavy atom. The fraction of sp³-hybridized carbons (Fsp3) is 1.00. The van der Waals surface area contributed by atoms with Crippen molar-refractivity contribution in [3.8, 4) is 0 Å². The summed E-state index contributed by atoms with van der Waals surface area (Å²) in [6, 6.07) is 0. The quantitative estimate of drug-likeness (QED) is 0.512. The zero-order valence-corrected chi connectivity index (χ0v) is 8.98. The zero-order chi connectivity index (χ0) is 8.98. The lowest BCUT2D eigenvalue weighted by Crippen LogP contribution is -2.29. The molecule has 12 heavy (non-hydrogen) atoms.